The summed E-state index contributed by atoms with van der Waals surface area (Å²) in [7, 11) is 0. The van der Waals surface area contributed by atoms with Gasteiger partial charge in [-0.3, -0.25) is 9.69 Å². The summed E-state index contributed by atoms with van der Waals surface area (Å²) in [5.41, 5.74) is 5.30. The number of carbonyl (C=O) groups excluding carboxylic acids is 1. The molecule has 0 spiro atoms. The van der Waals surface area contributed by atoms with Gasteiger partial charge in [-0.1, -0.05) is 48.5 Å². The maximum Gasteiger partial charge on any atom is 0.240 e. The predicted octanol–water partition coefficient (Wildman–Crippen LogP) is 3.87. The first-order valence-corrected chi connectivity index (χ1v) is 10.2. The molecule has 152 valence electrons. The van der Waals surface area contributed by atoms with Crippen LogP contribution in [-0.2, 0) is 17.8 Å². The molecule has 0 radical (unpaired) electrons. The van der Waals surface area contributed by atoms with Crippen LogP contribution in [0.3, 0.4) is 0 Å². The van der Waals surface area contributed by atoms with Crippen LogP contribution in [0.15, 0.2) is 66.3 Å². The van der Waals surface area contributed by atoms with Crippen LogP contribution in [0.25, 0.3) is 0 Å². The number of hydrazone groups is 1. The number of likely N-dealkylation sites (tertiary alicyclic amines) is 1. The Morgan fingerprint density at radius 3 is 2.66 bits per heavy atom. The van der Waals surface area contributed by atoms with E-state index in [-0.39, 0.29) is 11.7 Å². The Labute approximate surface area is 172 Å². The van der Waals surface area contributed by atoms with E-state index in [2.05, 4.69) is 46.3 Å². The SMILES string of the molecule is C=CCc1cccc(/C=N/NC(=O)CC2CCN(Cc3ccccc3)CC2)c1O. The van der Waals surface area contributed by atoms with Crippen molar-refractivity contribution in [3.8, 4) is 5.75 Å². The molecule has 5 nitrogen and oxygen atoms in total. The van der Waals surface area contributed by atoms with Gasteiger partial charge in [-0.05, 0) is 55.5 Å². The summed E-state index contributed by atoms with van der Waals surface area (Å²) in [6.45, 7) is 6.69. The lowest BCUT2D eigenvalue weighted by atomic mass is 9.93. The lowest BCUT2D eigenvalue weighted by Crippen LogP contribution is -2.35. The minimum atomic E-state index is -0.0792. The Kier molecular flexibility index (Phi) is 7.59. The third-order valence-corrected chi connectivity index (χ3v) is 5.34. The Morgan fingerprint density at radius 1 is 1.17 bits per heavy atom. The van der Waals surface area contributed by atoms with Crippen molar-refractivity contribution in [1.82, 2.24) is 10.3 Å². The van der Waals surface area contributed by atoms with Crippen LogP contribution in [0.4, 0.5) is 0 Å². The van der Waals surface area contributed by atoms with Crippen LogP contribution in [0.5, 0.6) is 5.75 Å². The Hall–Kier alpha value is -2.92. The molecule has 0 aromatic heterocycles. The van der Waals surface area contributed by atoms with Gasteiger partial charge in [0.2, 0.25) is 5.91 Å². The molecular formula is C24H29N3O2. The molecule has 1 amide bonds. The zero-order valence-corrected chi connectivity index (χ0v) is 16.8. The van der Waals surface area contributed by atoms with Crippen LogP contribution in [0, 0.1) is 5.92 Å². The molecule has 1 saturated heterocycles. The number of piperidine rings is 1. The minimum absolute atomic E-state index is 0.0792. The number of amides is 1. The summed E-state index contributed by atoms with van der Waals surface area (Å²) in [6, 6.07) is 16.0. The van der Waals surface area contributed by atoms with Crippen molar-refractivity contribution in [1.29, 1.82) is 0 Å². The third-order valence-electron chi connectivity index (χ3n) is 5.34. The summed E-state index contributed by atoms with van der Waals surface area (Å²) < 4.78 is 0. The number of carbonyl (C=O) groups is 1. The molecule has 1 aliphatic heterocycles. The van der Waals surface area contributed by atoms with E-state index in [1.807, 2.05) is 18.2 Å². The molecule has 2 aromatic rings. The van der Waals surface area contributed by atoms with Crippen LogP contribution < -0.4 is 5.43 Å². The highest BCUT2D eigenvalue weighted by Gasteiger charge is 2.21. The van der Waals surface area contributed by atoms with E-state index in [0.717, 1.165) is 38.0 Å². The summed E-state index contributed by atoms with van der Waals surface area (Å²) in [4.78, 5) is 14.7. The fourth-order valence-corrected chi connectivity index (χ4v) is 3.71. The van der Waals surface area contributed by atoms with Crippen LogP contribution in [0.2, 0.25) is 0 Å². The van der Waals surface area contributed by atoms with Crippen molar-refractivity contribution < 1.29 is 9.90 Å². The summed E-state index contributed by atoms with van der Waals surface area (Å²) in [5, 5.41) is 14.2. The quantitative estimate of drug-likeness (QED) is 0.408. The number of hydrogen-bond acceptors (Lipinski definition) is 4. The van der Waals surface area contributed by atoms with Crippen LogP contribution in [0.1, 0.15) is 36.0 Å². The molecule has 0 bridgehead atoms. The largest absolute Gasteiger partial charge is 0.507 e. The van der Waals surface area contributed by atoms with Crippen molar-refractivity contribution >= 4 is 12.1 Å². The van der Waals surface area contributed by atoms with Gasteiger partial charge in [-0.15, -0.1) is 6.58 Å². The first-order chi connectivity index (χ1) is 14.2. The fraction of sp³-hybridized carbons (Fsp3) is 0.333. The molecule has 2 aromatic carbocycles. The maximum atomic E-state index is 12.2. The highest BCUT2D eigenvalue weighted by molar-refractivity contribution is 5.85. The lowest BCUT2D eigenvalue weighted by molar-refractivity contribution is -0.122. The zero-order chi connectivity index (χ0) is 20.5. The van der Waals surface area contributed by atoms with E-state index in [1.165, 1.54) is 11.8 Å². The summed E-state index contributed by atoms with van der Waals surface area (Å²) >= 11 is 0. The Balaban J connectivity index is 1.42. The lowest BCUT2D eigenvalue weighted by Gasteiger charge is -2.31. The topological polar surface area (TPSA) is 64.9 Å². The average molecular weight is 392 g/mol. The molecule has 5 heteroatoms. The van der Waals surface area contributed by atoms with Gasteiger partial charge in [-0.2, -0.15) is 5.10 Å². The second kappa shape index (κ2) is 10.6. The van der Waals surface area contributed by atoms with Crippen LogP contribution in [-0.4, -0.2) is 35.2 Å². The molecule has 1 heterocycles. The first-order valence-electron chi connectivity index (χ1n) is 10.2. The van der Waals surface area contributed by atoms with Gasteiger partial charge in [-0.25, -0.2) is 5.43 Å². The normalized spacial score (nSPS) is 15.4. The van der Waals surface area contributed by atoms with Crippen molar-refractivity contribution in [3.63, 3.8) is 0 Å². The molecule has 29 heavy (non-hydrogen) atoms. The highest BCUT2D eigenvalue weighted by Crippen LogP contribution is 2.23. The molecule has 3 rings (SSSR count). The van der Waals surface area contributed by atoms with Crippen molar-refractivity contribution in [2.45, 2.75) is 32.2 Å². The molecule has 1 fully saturated rings. The number of allylic oxidation sites excluding steroid dienone is 1. The van der Waals surface area contributed by atoms with Gasteiger partial charge in [0.15, 0.2) is 0 Å². The Bertz CT molecular complexity index is 840. The number of aromatic hydroxyl groups is 1. The average Bonchev–Trinajstić information content (AvgIpc) is 2.73. The predicted molar refractivity (Wildman–Crippen MR) is 117 cm³/mol. The summed E-state index contributed by atoms with van der Waals surface area (Å²) in [5.74, 6) is 0.488. The number of phenols is 1. The van der Waals surface area contributed by atoms with E-state index in [0.29, 0.717) is 24.3 Å². The third kappa shape index (κ3) is 6.29. The van der Waals surface area contributed by atoms with E-state index in [4.69, 9.17) is 0 Å². The minimum Gasteiger partial charge on any atom is -0.507 e. The molecule has 1 aliphatic rings. The number of rotatable bonds is 8. The maximum absolute atomic E-state index is 12.2. The van der Waals surface area contributed by atoms with Gasteiger partial charge < -0.3 is 5.11 Å². The second-order valence-corrected chi connectivity index (χ2v) is 7.55. The monoisotopic (exact) mass is 391 g/mol. The van der Waals surface area contributed by atoms with Gasteiger partial charge >= 0.3 is 0 Å². The molecule has 0 atom stereocenters. The van der Waals surface area contributed by atoms with Gasteiger partial charge in [0.25, 0.3) is 0 Å². The van der Waals surface area contributed by atoms with E-state index < -0.39 is 0 Å². The van der Waals surface area contributed by atoms with Crippen molar-refractivity contribution in [2.75, 3.05) is 13.1 Å². The van der Waals surface area contributed by atoms with Gasteiger partial charge in [0.1, 0.15) is 5.75 Å². The number of nitrogens with one attached hydrogen (secondary N) is 1. The number of para-hydroxylation sites is 1. The van der Waals surface area contributed by atoms with Crippen molar-refractivity contribution in [2.24, 2.45) is 11.0 Å². The molecule has 2 N–H and O–H groups in total. The van der Waals surface area contributed by atoms with Gasteiger partial charge in [0, 0.05) is 18.5 Å². The number of nitrogens with zero attached hydrogens (tertiary/aromatic N) is 2. The van der Waals surface area contributed by atoms with E-state index in [9.17, 15) is 9.90 Å². The number of phenolic OH excluding ortho intramolecular Hbond substituents is 1. The molecule has 0 unspecified atom stereocenters. The first kappa shape index (κ1) is 20.8. The molecule has 0 saturated carbocycles. The van der Waals surface area contributed by atoms with Gasteiger partial charge in [0.05, 0.1) is 6.21 Å². The van der Waals surface area contributed by atoms with Crippen LogP contribution >= 0.6 is 0 Å². The number of benzene rings is 2. The number of hydrogen-bond donors (Lipinski definition) is 2. The molecule has 0 aliphatic carbocycles. The smallest absolute Gasteiger partial charge is 0.240 e. The standard InChI is InChI=1S/C24H29N3O2/c1-2-7-21-10-6-11-22(24(21)29)17-25-26-23(28)16-19-12-14-27(15-13-19)18-20-8-4-3-5-9-20/h2-6,8-11,17,19,29H,1,7,12-16,18H2,(H,26,28)/b25-17+. The van der Waals surface area contributed by atoms with E-state index >= 15 is 0 Å². The zero-order valence-electron chi connectivity index (χ0n) is 16.8. The second-order valence-electron chi connectivity index (χ2n) is 7.55. The fourth-order valence-electron chi connectivity index (χ4n) is 3.71. The highest BCUT2D eigenvalue weighted by atomic mass is 16.3. The van der Waals surface area contributed by atoms with Crippen molar-refractivity contribution in [3.05, 3.63) is 77.9 Å². The molecular weight excluding hydrogens is 362 g/mol. The van der Waals surface area contributed by atoms with E-state index in [1.54, 1.807) is 12.1 Å². The summed E-state index contributed by atoms with van der Waals surface area (Å²) in [6.07, 6.45) is 6.34. The Morgan fingerprint density at radius 2 is 1.93 bits per heavy atom.